The van der Waals surface area contributed by atoms with E-state index in [1.807, 2.05) is 35.2 Å². The highest BCUT2D eigenvalue weighted by molar-refractivity contribution is 7.96. The number of benzene rings is 2. The van der Waals surface area contributed by atoms with E-state index in [1.165, 1.54) is 10.6 Å². The number of amides is 4. The van der Waals surface area contributed by atoms with Gasteiger partial charge in [-0.2, -0.15) is 0 Å². The van der Waals surface area contributed by atoms with E-state index in [4.69, 9.17) is 10.5 Å². The summed E-state index contributed by atoms with van der Waals surface area (Å²) < 4.78 is 23.5. The van der Waals surface area contributed by atoms with Crippen molar-refractivity contribution >= 4 is 70.9 Å². The number of carbonyl (C=O) groups is 6. The molecule has 354 valence electrons. The van der Waals surface area contributed by atoms with Crippen molar-refractivity contribution in [2.75, 3.05) is 38.1 Å². The molecule has 3 atom stereocenters. The predicted octanol–water partition coefficient (Wildman–Crippen LogP) is 8.73. The molecule has 4 heterocycles. The third-order valence-corrected chi connectivity index (χ3v) is 16.1. The molecule has 3 aromatic rings. The van der Waals surface area contributed by atoms with Crippen molar-refractivity contribution in [1.29, 1.82) is 0 Å². The Balaban J connectivity index is 0.905. The van der Waals surface area contributed by atoms with Crippen LogP contribution in [0.1, 0.15) is 144 Å². The minimum Gasteiger partial charge on any atom is -0.481 e. The van der Waals surface area contributed by atoms with E-state index in [1.54, 1.807) is 11.9 Å². The molecule has 1 aliphatic carbocycles. The van der Waals surface area contributed by atoms with Gasteiger partial charge < -0.3 is 30.6 Å². The molecule has 66 heavy (non-hydrogen) atoms. The van der Waals surface area contributed by atoms with E-state index < -0.39 is 18.4 Å². The summed E-state index contributed by atoms with van der Waals surface area (Å²) in [7, 11) is 0. The molecule has 0 saturated carbocycles. The summed E-state index contributed by atoms with van der Waals surface area (Å²) in [5.74, 6) is -1.80. The number of piperidine rings is 2. The molecule has 0 bridgehead atoms. The minimum absolute atomic E-state index is 0.141. The number of likely N-dealkylation sites (tertiary alicyclic amines) is 1. The van der Waals surface area contributed by atoms with E-state index in [-0.39, 0.29) is 64.2 Å². The van der Waals surface area contributed by atoms with Gasteiger partial charge in [-0.25, -0.2) is 23.3 Å². The summed E-state index contributed by atoms with van der Waals surface area (Å²) in [4.78, 5) is 75.3. The minimum atomic E-state index is -1.28. The molecular formula is C49H61FN6O8S2. The molecule has 0 radical (unpaired) electrons. The summed E-state index contributed by atoms with van der Waals surface area (Å²) in [6, 6.07) is 13.3. The van der Waals surface area contributed by atoms with Crippen LogP contribution in [-0.2, 0) is 20.1 Å². The first kappa shape index (κ1) is 48.8. The number of unbranched alkanes of at least 4 members (excludes halogenated alkanes) is 2. The zero-order valence-corrected chi connectivity index (χ0v) is 39.4. The molecule has 17 heteroatoms. The number of thiophene rings is 1. The first-order chi connectivity index (χ1) is 31.8. The molecule has 7 rings (SSSR count). The first-order valence-corrected chi connectivity index (χ1v) is 24.9. The number of allylic oxidation sites excluding steroid dienone is 1. The number of carbonyl (C=O) groups excluding carboxylic acids is 5. The number of nitrogens with two attached hydrogens (primary N) is 1. The number of aldehydes is 2. The SMILES string of the molecule is CC1(C)CC(CC(CCCCN)c2sc(C(=O)O)c(OCC=O)c2F)CCN1SCc1cccc(NC(=O)N2CCC(C3=CCC4c5c(cccc53)C(=O)N4NC(=O)CCCC=O)CC2)c1. The Kier molecular flexibility index (Phi) is 16.4. The van der Waals surface area contributed by atoms with E-state index in [0.29, 0.717) is 74.2 Å². The molecule has 2 aromatic carbocycles. The van der Waals surface area contributed by atoms with Crippen LogP contribution in [-0.4, -0.2) is 94.0 Å². The van der Waals surface area contributed by atoms with Crippen LogP contribution < -0.4 is 21.2 Å². The number of urea groups is 1. The lowest BCUT2D eigenvalue weighted by atomic mass is 9.78. The lowest BCUT2D eigenvalue weighted by molar-refractivity contribution is -0.125. The number of nitrogens with zero attached hydrogens (tertiary/aromatic N) is 3. The average molecular weight is 945 g/mol. The van der Waals surface area contributed by atoms with Gasteiger partial charge in [0.15, 0.2) is 22.7 Å². The van der Waals surface area contributed by atoms with Gasteiger partial charge in [0.1, 0.15) is 12.9 Å². The van der Waals surface area contributed by atoms with Gasteiger partial charge in [0, 0.05) is 59.9 Å². The largest absolute Gasteiger partial charge is 0.481 e. The second kappa shape index (κ2) is 22.1. The second-order valence-electron chi connectivity index (χ2n) is 18.3. The molecule has 4 aliphatic rings. The number of carboxylic acid groups (broad SMARTS) is 1. The highest BCUT2D eigenvalue weighted by Gasteiger charge is 2.43. The number of rotatable bonds is 21. The van der Waals surface area contributed by atoms with Crippen LogP contribution >= 0.6 is 23.3 Å². The van der Waals surface area contributed by atoms with Gasteiger partial charge in [-0.3, -0.25) is 19.8 Å². The molecule has 2 fully saturated rings. The van der Waals surface area contributed by atoms with Gasteiger partial charge in [-0.1, -0.05) is 48.7 Å². The summed E-state index contributed by atoms with van der Waals surface area (Å²) in [6.07, 6.45) is 11.2. The molecule has 4 amide bonds. The van der Waals surface area contributed by atoms with Crippen molar-refractivity contribution in [3.63, 3.8) is 0 Å². The first-order valence-electron chi connectivity index (χ1n) is 23.1. The van der Waals surface area contributed by atoms with Crippen LogP contribution in [0.5, 0.6) is 5.75 Å². The Labute approximate surface area is 394 Å². The molecule has 0 spiro atoms. The molecule has 3 unspecified atom stereocenters. The normalized spacial score (nSPS) is 19.8. The van der Waals surface area contributed by atoms with Gasteiger partial charge in [0.2, 0.25) is 5.91 Å². The Morgan fingerprint density at radius 1 is 1.05 bits per heavy atom. The van der Waals surface area contributed by atoms with Gasteiger partial charge in [0.25, 0.3) is 5.91 Å². The second-order valence-corrected chi connectivity index (χ2v) is 20.4. The number of aromatic carboxylic acids is 1. The summed E-state index contributed by atoms with van der Waals surface area (Å²) >= 11 is 2.67. The fraction of sp³-hybridized carbons (Fsp3) is 0.510. The van der Waals surface area contributed by atoms with Crippen LogP contribution in [0.3, 0.4) is 0 Å². The number of carboxylic acids is 1. The van der Waals surface area contributed by atoms with E-state index >= 15 is 4.39 Å². The number of anilines is 1. The van der Waals surface area contributed by atoms with Crippen LogP contribution in [0.15, 0.2) is 48.5 Å². The average Bonchev–Trinajstić information content (AvgIpc) is 3.77. The molecule has 1 aromatic heterocycles. The van der Waals surface area contributed by atoms with Gasteiger partial charge in [0.05, 0.1) is 6.04 Å². The molecule has 3 aliphatic heterocycles. The van der Waals surface area contributed by atoms with Gasteiger partial charge in [-0.15, -0.1) is 11.3 Å². The van der Waals surface area contributed by atoms with Crippen molar-refractivity contribution in [3.8, 4) is 5.75 Å². The molecular weight excluding hydrogens is 884 g/mol. The standard InChI is InChI=1S/C49H61FN6O8S2/c1-49(2)29-31(27-34(10-3-5-20-51)44-42(50)43(64-26-25-58)45(66-44)47(61)62)17-23-55(49)65-30-32-9-7-11-35(28-32)52-48(63)54-21-18-33(19-22-54)36-15-16-39-41-37(36)12-8-13-38(41)46(60)56(39)53-40(59)14-4-6-24-57/h7-9,11-13,15,24-25,28,31,33-34,39H,3-6,10,14,16-23,26-27,29-30,51H2,1-2H3,(H,52,63)(H,53,59)(H,61,62). The third-order valence-electron chi connectivity index (χ3n) is 13.4. The van der Waals surface area contributed by atoms with Crippen LogP contribution in [0.4, 0.5) is 14.9 Å². The van der Waals surface area contributed by atoms with Crippen molar-refractivity contribution in [2.45, 2.75) is 114 Å². The van der Waals surface area contributed by atoms with E-state index in [0.717, 1.165) is 85.1 Å². The van der Waals surface area contributed by atoms with Crippen LogP contribution in [0.25, 0.3) is 5.57 Å². The Hall–Kier alpha value is -5.10. The summed E-state index contributed by atoms with van der Waals surface area (Å²) in [5, 5.41) is 14.4. The van der Waals surface area contributed by atoms with E-state index in [2.05, 4.69) is 47.1 Å². The smallest absolute Gasteiger partial charge is 0.349 e. The number of halogens is 1. The van der Waals surface area contributed by atoms with E-state index in [9.17, 15) is 33.9 Å². The molecule has 2 saturated heterocycles. The van der Waals surface area contributed by atoms with Gasteiger partial charge in [-0.05, 0) is 136 Å². The summed E-state index contributed by atoms with van der Waals surface area (Å²) in [5.41, 5.74) is 14.0. The molecule has 5 N–H and O–H groups in total. The zero-order chi connectivity index (χ0) is 47.0. The van der Waals surface area contributed by atoms with Crippen LogP contribution in [0, 0.1) is 17.7 Å². The maximum absolute atomic E-state index is 15.8. The fourth-order valence-corrected chi connectivity index (χ4v) is 12.4. The number of hydrogen-bond acceptors (Lipinski definition) is 11. The Bertz CT molecular complexity index is 2310. The topological polar surface area (TPSA) is 192 Å². The maximum Gasteiger partial charge on any atom is 0.349 e. The van der Waals surface area contributed by atoms with Crippen LogP contribution in [0.2, 0.25) is 0 Å². The third kappa shape index (κ3) is 11.2. The lowest BCUT2D eigenvalue weighted by Gasteiger charge is -2.45. The number of hydrogen-bond donors (Lipinski definition) is 4. The summed E-state index contributed by atoms with van der Waals surface area (Å²) in [6.45, 7) is 6.55. The lowest BCUT2D eigenvalue weighted by Crippen LogP contribution is -2.46. The fourth-order valence-electron chi connectivity index (χ4n) is 10.2. The van der Waals surface area contributed by atoms with Crippen molar-refractivity contribution in [3.05, 3.63) is 86.4 Å². The monoisotopic (exact) mass is 944 g/mol. The maximum atomic E-state index is 15.8. The van der Waals surface area contributed by atoms with Gasteiger partial charge >= 0.3 is 12.0 Å². The highest BCUT2D eigenvalue weighted by atomic mass is 32.2. The highest BCUT2D eigenvalue weighted by Crippen LogP contribution is 2.48. The zero-order valence-electron chi connectivity index (χ0n) is 37.7. The Morgan fingerprint density at radius 3 is 2.55 bits per heavy atom. The number of nitrogens with one attached hydrogen (secondary N) is 2. The molecule has 14 nitrogen and oxygen atoms in total. The quantitative estimate of drug-likeness (QED) is 0.0454. The van der Waals surface area contributed by atoms with Crippen molar-refractivity contribution < 1.29 is 43.0 Å². The number of ether oxygens (including phenoxy) is 1. The van der Waals surface area contributed by atoms with Crippen molar-refractivity contribution in [1.82, 2.24) is 19.6 Å². The number of hydrazine groups is 1. The predicted molar refractivity (Wildman–Crippen MR) is 254 cm³/mol. The van der Waals surface area contributed by atoms with Crippen molar-refractivity contribution in [2.24, 2.45) is 17.6 Å². The Morgan fingerprint density at radius 2 is 1.82 bits per heavy atom.